The van der Waals surface area contributed by atoms with E-state index in [0.29, 0.717) is 0 Å². The third-order valence-corrected chi connectivity index (χ3v) is 4.19. The van der Waals surface area contributed by atoms with Gasteiger partial charge >= 0.3 is 0 Å². The topological polar surface area (TPSA) is 12.5 Å². The maximum atomic E-state index is 5.23. The molecule has 0 aliphatic heterocycles. The third-order valence-electron chi connectivity index (χ3n) is 2.51. The van der Waals surface area contributed by atoms with E-state index >= 15 is 0 Å². The van der Waals surface area contributed by atoms with Crippen molar-refractivity contribution in [3.8, 4) is 5.75 Å². The standard InChI is InChI=1S/C13H14BrNOS/c1-15(8-13-6-10(14)9-17-13)11-4-3-5-12(7-11)16-2/h3-7,9H,8H2,1-2H3. The summed E-state index contributed by atoms with van der Waals surface area (Å²) in [4.78, 5) is 3.54. The number of rotatable bonds is 4. The van der Waals surface area contributed by atoms with E-state index in [-0.39, 0.29) is 0 Å². The summed E-state index contributed by atoms with van der Waals surface area (Å²) >= 11 is 5.24. The number of hydrogen-bond donors (Lipinski definition) is 0. The Bertz CT molecular complexity index is 498. The van der Waals surface area contributed by atoms with E-state index in [2.05, 4.69) is 45.4 Å². The monoisotopic (exact) mass is 311 g/mol. The molecule has 0 amide bonds. The molecule has 0 fully saturated rings. The molecule has 0 aliphatic carbocycles. The Balaban J connectivity index is 2.11. The average molecular weight is 312 g/mol. The van der Waals surface area contributed by atoms with Gasteiger partial charge in [0.15, 0.2) is 0 Å². The molecule has 0 radical (unpaired) electrons. The Morgan fingerprint density at radius 2 is 2.18 bits per heavy atom. The molecule has 0 bridgehead atoms. The van der Waals surface area contributed by atoms with Crippen LogP contribution in [0.3, 0.4) is 0 Å². The van der Waals surface area contributed by atoms with Gasteiger partial charge in [0.2, 0.25) is 0 Å². The number of ether oxygens (including phenoxy) is 1. The fourth-order valence-corrected chi connectivity index (χ4v) is 3.11. The maximum Gasteiger partial charge on any atom is 0.120 e. The number of methoxy groups -OCH3 is 1. The van der Waals surface area contributed by atoms with E-state index in [1.807, 2.05) is 18.2 Å². The molecule has 2 rings (SSSR count). The molecule has 1 aromatic heterocycles. The normalized spacial score (nSPS) is 10.3. The molecule has 0 saturated carbocycles. The van der Waals surface area contributed by atoms with Crippen LogP contribution in [-0.4, -0.2) is 14.2 Å². The van der Waals surface area contributed by atoms with Crippen molar-refractivity contribution in [2.24, 2.45) is 0 Å². The summed E-state index contributed by atoms with van der Waals surface area (Å²) < 4.78 is 6.38. The number of anilines is 1. The summed E-state index contributed by atoms with van der Waals surface area (Å²) in [7, 11) is 3.78. The molecule has 0 saturated heterocycles. The molecular weight excluding hydrogens is 298 g/mol. The number of hydrogen-bond acceptors (Lipinski definition) is 3. The fraction of sp³-hybridized carbons (Fsp3) is 0.231. The minimum atomic E-state index is 0.890. The predicted octanol–water partition coefficient (Wildman–Crippen LogP) is 4.16. The molecule has 0 unspecified atom stereocenters. The lowest BCUT2D eigenvalue weighted by atomic mass is 10.2. The first-order valence-electron chi connectivity index (χ1n) is 5.27. The Morgan fingerprint density at radius 3 is 2.82 bits per heavy atom. The van der Waals surface area contributed by atoms with Gasteiger partial charge < -0.3 is 9.64 Å². The zero-order valence-corrected chi connectivity index (χ0v) is 12.2. The molecule has 1 aromatic carbocycles. The molecule has 4 heteroatoms. The molecular formula is C13H14BrNOS. The number of halogens is 1. The van der Waals surface area contributed by atoms with Gasteiger partial charge in [-0.25, -0.2) is 0 Å². The molecule has 0 aliphatic rings. The lowest BCUT2D eigenvalue weighted by Crippen LogP contribution is -2.15. The second-order valence-electron chi connectivity index (χ2n) is 3.79. The summed E-state index contributed by atoms with van der Waals surface area (Å²) in [6, 6.07) is 10.3. The second-order valence-corrected chi connectivity index (χ2v) is 5.70. The minimum absolute atomic E-state index is 0.890. The Kier molecular flexibility index (Phi) is 4.07. The van der Waals surface area contributed by atoms with Crippen LogP contribution in [0.4, 0.5) is 5.69 Å². The SMILES string of the molecule is COc1cccc(N(C)Cc2cc(Br)cs2)c1. The lowest BCUT2D eigenvalue weighted by Gasteiger charge is -2.18. The van der Waals surface area contributed by atoms with Gasteiger partial charge in [0.1, 0.15) is 5.75 Å². The predicted molar refractivity (Wildman–Crippen MR) is 77.1 cm³/mol. The summed E-state index contributed by atoms with van der Waals surface area (Å²) in [6.45, 7) is 0.906. The smallest absolute Gasteiger partial charge is 0.120 e. The molecule has 0 atom stereocenters. The van der Waals surface area contributed by atoms with Crippen LogP contribution in [-0.2, 0) is 6.54 Å². The lowest BCUT2D eigenvalue weighted by molar-refractivity contribution is 0.415. The van der Waals surface area contributed by atoms with E-state index in [4.69, 9.17) is 4.74 Å². The average Bonchev–Trinajstić information content (AvgIpc) is 2.75. The summed E-state index contributed by atoms with van der Waals surface area (Å²) in [5, 5.41) is 2.11. The molecule has 2 nitrogen and oxygen atoms in total. The molecule has 0 spiro atoms. The van der Waals surface area contributed by atoms with Gasteiger partial charge in [0, 0.05) is 33.5 Å². The quantitative estimate of drug-likeness (QED) is 0.841. The Hall–Kier alpha value is -1.000. The Morgan fingerprint density at radius 1 is 1.35 bits per heavy atom. The molecule has 2 aromatic rings. The van der Waals surface area contributed by atoms with Gasteiger partial charge in [0.05, 0.1) is 13.7 Å². The number of nitrogens with zero attached hydrogens (tertiary/aromatic N) is 1. The van der Waals surface area contributed by atoms with Crippen LogP contribution in [0.1, 0.15) is 4.88 Å². The number of benzene rings is 1. The van der Waals surface area contributed by atoms with Crippen molar-refractivity contribution in [2.45, 2.75) is 6.54 Å². The molecule has 0 N–H and O–H groups in total. The van der Waals surface area contributed by atoms with E-state index in [9.17, 15) is 0 Å². The van der Waals surface area contributed by atoms with Crippen molar-refractivity contribution in [3.05, 3.63) is 45.1 Å². The van der Waals surface area contributed by atoms with Crippen LogP contribution in [0.5, 0.6) is 5.75 Å². The molecule has 1 heterocycles. The first-order chi connectivity index (χ1) is 8.19. The first kappa shape index (κ1) is 12.5. The summed E-state index contributed by atoms with van der Waals surface area (Å²) in [5.74, 6) is 0.890. The highest BCUT2D eigenvalue weighted by atomic mass is 79.9. The van der Waals surface area contributed by atoms with Gasteiger partial charge in [-0.2, -0.15) is 0 Å². The maximum absolute atomic E-state index is 5.23. The highest BCUT2D eigenvalue weighted by Crippen LogP contribution is 2.25. The van der Waals surface area contributed by atoms with Gasteiger partial charge in [-0.3, -0.25) is 0 Å². The van der Waals surface area contributed by atoms with Gasteiger partial charge in [-0.05, 0) is 34.1 Å². The molecule has 90 valence electrons. The fourth-order valence-electron chi connectivity index (χ4n) is 1.61. The zero-order chi connectivity index (χ0) is 12.3. The van der Waals surface area contributed by atoms with Crippen LogP contribution in [0, 0.1) is 0 Å². The van der Waals surface area contributed by atoms with Crippen molar-refractivity contribution in [1.82, 2.24) is 0 Å². The van der Waals surface area contributed by atoms with Crippen LogP contribution < -0.4 is 9.64 Å². The van der Waals surface area contributed by atoms with Crippen LogP contribution >= 0.6 is 27.3 Å². The highest BCUT2D eigenvalue weighted by molar-refractivity contribution is 9.10. The van der Waals surface area contributed by atoms with Gasteiger partial charge in [-0.15, -0.1) is 11.3 Å². The number of thiophene rings is 1. The van der Waals surface area contributed by atoms with Gasteiger partial charge in [0.25, 0.3) is 0 Å². The third kappa shape index (κ3) is 3.23. The largest absolute Gasteiger partial charge is 0.497 e. The van der Waals surface area contributed by atoms with Crippen LogP contribution in [0.2, 0.25) is 0 Å². The summed E-state index contributed by atoms with van der Waals surface area (Å²) in [5.41, 5.74) is 1.16. The van der Waals surface area contributed by atoms with Crippen molar-refractivity contribution in [2.75, 3.05) is 19.1 Å². The zero-order valence-electron chi connectivity index (χ0n) is 9.81. The second kappa shape index (κ2) is 5.56. The van der Waals surface area contributed by atoms with Crippen LogP contribution in [0.25, 0.3) is 0 Å². The highest BCUT2D eigenvalue weighted by Gasteiger charge is 2.05. The first-order valence-corrected chi connectivity index (χ1v) is 6.94. The van der Waals surface area contributed by atoms with E-state index in [1.54, 1.807) is 18.4 Å². The van der Waals surface area contributed by atoms with E-state index in [0.717, 1.165) is 22.5 Å². The molecule has 17 heavy (non-hydrogen) atoms. The van der Waals surface area contributed by atoms with Crippen molar-refractivity contribution >= 4 is 33.0 Å². The van der Waals surface area contributed by atoms with Crippen molar-refractivity contribution in [3.63, 3.8) is 0 Å². The van der Waals surface area contributed by atoms with E-state index < -0.39 is 0 Å². The minimum Gasteiger partial charge on any atom is -0.497 e. The van der Waals surface area contributed by atoms with E-state index in [1.165, 1.54) is 4.88 Å². The van der Waals surface area contributed by atoms with Gasteiger partial charge in [-0.1, -0.05) is 6.07 Å². The van der Waals surface area contributed by atoms with Crippen molar-refractivity contribution < 1.29 is 4.74 Å². The Labute approximate surface area is 114 Å². The van der Waals surface area contributed by atoms with Crippen LogP contribution in [0.15, 0.2) is 40.2 Å². The summed E-state index contributed by atoms with van der Waals surface area (Å²) in [6.07, 6.45) is 0. The van der Waals surface area contributed by atoms with Crippen molar-refractivity contribution in [1.29, 1.82) is 0 Å².